The molecule has 2 aromatic rings. The number of nitrogens with one attached hydrogen (secondary N) is 1. The third-order valence-electron chi connectivity index (χ3n) is 5.56. The number of alkyl carbamates (subject to hydrolysis) is 1. The fourth-order valence-corrected chi connectivity index (χ4v) is 3.75. The summed E-state index contributed by atoms with van der Waals surface area (Å²) in [7, 11) is 0. The van der Waals surface area contributed by atoms with Gasteiger partial charge in [0, 0.05) is 5.92 Å². The Morgan fingerprint density at radius 2 is 1.52 bits per heavy atom. The molecule has 0 unspecified atom stereocenters. The molecule has 0 radical (unpaired) electrons. The molecule has 0 saturated heterocycles. The Morgan fingerprint density at radius 3 is 2.00 bits per heavy atom. The third-order valence-corrected chi connectivity index (χ3v) is 5.56. The van der Waals surface area contributed by atoms with Gasteiger partial charge in [0.15, 0.2) is 0 Å². The van der Waals surface area contributed by atoms with Gasteiger partial charge in [0.1, 0.15) is 18.2 Å². The van der Waals surface area contributed by atoms with Gasteiger partial charge in [0.05, 0.1) is 0 Å². The molecule has 0 spiro atoms. The average Bonchev–Trinajstić information content (AvgIpc) is 3.03. The van der Waals surface area contributed by atoms with Crippen molar-refractivity contribution in [3.05, 3.63) is 72.3 Å². The van der Waals surface area contributed by atoms with Crippen molar-refractivity contribution in [2.45, 2.75) is 52.2 Å². The van der Waals surface area contributed by atoms with E-state index < -0.39 is 29.1 Å². The number of fused-ring (bicyclic) bond motifs is 3. The summed E-state index contributed by atoms with van der Waals surface area (Å²) in [5.74, 6) is -0.566. The number of benzene rings is 2. The molecule has 3 rings (SSSR count). The number of rotatable bonds is 6. The predicted molar refractivity (Wildman–Crippen MR) is 122 cm³/mol. The first-order valence-electron chi connectivity index (χ1n) is 10.5. The Balaban J connectivity index is 1.71. The number of hydrogen-bond donors (Lipinski definition) is 1. The van der Waals surface area contributed by atoms with Crippen molar-refractivity contribution in [1.82, 2.24) is 5.32 Å². The van der Waals surface area contributed by atoms with Crippen LogP contribution in [-0.4, -0.2) is 30.3 Å². The topological polar surface area (TPSA) is 64.6 Å². The molecule has 0 aromatic heterocycles. The summed E-state index contributed by atoms with van der Waals surface area (Å²) in [6.45, 7) is 12.9. The summed E-state index contributed by atoms with van der Waals surface area (Å²) in [4.78, 5) is 25.4. The van der Waals surface area contributed by atoms with E-state index in [1.54, 1.807) is 19.9 Å². The maximum Gasteiger partial charge on any atom is 0.407 e. The second-order valence-electron chi connectivity index (χ2n) is 9.50. The van der Waals surface area contributed by atoms with Crippen molar-refractivity contribution in [2.24, 2.45) is 5.41 Å². The molecule has 0 fully saturated rings. The molecule has 1 atom stereocenters. The first-order valence-corrected chi connectivity index (χ1v) is 10.5. The summed E-state index contributed by atoms with van der Waals surface area (Å²) >= 11 is 0. The molecule has 1 aliphatic rings. The normalized spacial score (nSPS) is 14.2. The van der Waals surface area contributed by atoms with Crippen LogP contribution in [0.1, 0.15) is 51.7 Å². The number of hydrogen-bond acceptors (Lipinski definition) is 4. The lowest BCUT2D eigenvalue weighted by atomic mass is 9.86. The molecule has 1 amide bonds. The smallest absolute Gasteiger partial charge is 0.407 e. The highest BCUT2D eigenvalue weighted by Gasteiger charge is 2.37. The molecule has 5 heteroatoms. The van der Waals surface area contributed by atoms with Crippen LogP contribution in [0.15, 0.2) is 61.2 Å². The fraction of sp³-hybridized carbons (Fsp3) is 0.385. The maximum absolute atomic E-state index is 12.7. The zero-order valence-electron chi connectivity index (χ0n) is 18.9. The summed E-state index contributed by atoms with van der Waals surface area (Å²) in [5.41, 5.74) is 3.21. The van der Waals surface area contributed by atoms with Crippen molar-refractivity contribution in [3.8, 4) is 11.1 Å². The molecule has 0 heterocycles. The molecule has 0 bridgehead atoms. The summed E-state index contributed by atoms with van der Waals surface area (Å²) in [6.07, 6.45) is 0.910. The standard InChI is InChI=1S/C26H31NO4/c1-7-26(5,6)31-23(28)22(25(2,3)4)27-24(29)30-16-21-19-14-10-8-12-17(19)18-13-9-11-15-20(18)21/h7-15,21-22H,1,16H2,2-6H3,(H,27,29)/t22-/m1/s1. The van der Waals surface area contributed by atoms with Gasteiger partial charge in [0.2, 0.25) is 0 Å². The van der Waals surface area contributed by atoms with Gasteiger partial charge in [0.25, 0.3) is 0 Å². The SMILES string of the molecule is C=CC(C)(C)OC(=O)[C@@H](NC(=O)OCC1c2ccccc2-c2ccccc21)C(C)(C)C. The lowest BCUT2D eigenvalue weighted by Crippen LogP contribution is -2.51. The van der Waals surface area contributed by atoms with Gasteiger partial charge >= 0.3 is 12.1 Å². The number of ether oxygens (including phenoxy) is 2. The molecule has 31 heavy (non-hydrogen) atoms. The van der Waals surface area contributed by atoms with Crippen LogP contribution in [0.25, 0.3) is 11.1 Å². The van der Waals surface area contributed by atoms with Gasteiger partial charge in [-0.25, -0.2) is 9.59 Å². The van der Waals surface area contributed by atoms with E-state index in [2.05, 4.69) is 36.2 Å². The molecule has 0 saturated carbocycles. The molecule has 164 valence electrons. The summed E-state index contributed by atoms with van der Waals surface area (Å²) in [6, 6.07) is 15.4. The van der Waals surface area contributed by atoms with E-state index in [4.69, 9.17) is 9.47 Å². The van der Waals surface area contributed by atoms with E-state index in [0.29, 0.717) is 0 Å². The van der Waals surface area contributed by atoms with Crippen LogP contribution in [0.4, 0.5) is 4.79 Å². The molecule has 0 aliphatic heterocycles. The molecule has 5 nitrogen and oxygen atoms in total. The van der Waals surface area contributed by atoms with Crippen molar-refractivity contribution in [1.29, 1.82) is 0 Å². The van der Waals surface area contributed by atoms with Gasteiger partial charge < -0.3 is 14.8 Å². The zero-order chi connectivity index (χ0) is 22.8. The third kappa shape index (κ3) is 4.98. The average molecular weight is 422 g/mol. The van der Waals surface area contributed by atoms with Crippen LogP contribution < -0.4 is 5.32 Å². The minimum atomic E-state index is -0.859. The van der Waals surface area contributed by atoms with E-state index in [1.165, 1.54) is 0 Å². The van der Waals surface area contributed by atoms with Crippen molar-refractivity contribution in [3.63, 3.8) is 0 Å². The second kappa shape index (κ2) is 8.58. The van der Waals surface area contributed by atoms with Gasteiger partial charge in [-0.15, -0.1) is 0 Å². The maximum atomic E-state index is 12.7. The van der Waals surface area contributed by atoms with Gasteiger partial charge in [-0.1, -0.05) is 75.9 Å². The quantitative estimate of drug-likeness (QED) is 0.498. The van der Waals surface area contributed by atoms with E-state index in [9.17, 15) is 9.59 Å². The summed E-state index contributed by atoms with van der Waals surface area (Å²) in [5, 5.41) is 2.71. The molecule has 2 aromatic carbocycles. The minimum Gasteiger partial charge on any atom is -0.454 e. The van der Waals surface area contributed by atoms with Crippen LogP contribution in [-0.2, 0) is 14.3 Å². The van der Waals surface area contributed by atoms with E-state index in [0.717, 1.165) is 22.3 Å². The highest BCUT2D eigenvalue weighted by atomic mass is 16.6. The van der Waals surface area contributed by atoms with E-state index in [-0.39, 0.29) is 12.5 Å². The Labute approximate surface area is 184 Å². The second-order valence-corrected chi connectivity index (χ2v) is 9.50. The Morgan fingerprint density at radius 1 is 1.00 bits per heavy atom. The lowest BCUT2D eigenvalue weighted by Gasteiger charge is -2.32. The largest absolute Gasteiger partial charge is 0.454 e. The molecule has 1 N–H and O–H groups in total. The Kier molecular flexibility index (Phi) is 6.25. The summed E-state index contributed by atoms with van der Waals surface area (Å²) < 4.78 is 11.1. The van der Waals surface area contributed by atoms with Crippen LogP contribution in [0.2, 0.25) is 0 Å². The fourth-order valence-electron chi connectivity index (χ4n) is 3.75. The van der Waals surface area contributed by atoms with Crippen molar-refractivity contribution in [2.75, 3.05) is 6.61 Å². The van der Waals surface area contributed by atoms with Crippen LogP contribution >= 0.6 is 0 Å². The first-order chi connectivity index (χ1) is 14.5. The van der Waals surface area contributed by atoms with Gasteiger partial charge in [-0.3, -0.25) is 0 Å². The van der Waals surface area contributed by atoms with E-state index in [1.807, 2.05) is 45.0 Å². The van der Waals surface area contributed by atoms with Gasteiger partial charge in [-0.2, -0.15) is 0 Å². The van der Waals surface area contributed by atoms with E-state index >= 15 is 0 Å². The van der Waals surface area contributed by atoms with Crippen LogP contribution in [0, 0.1) is 5.41 Å². The first kappa shape index (κ1) is 22.6. The highest BCUT2D eigenvalue weighted by molar-refractivity contribution is 5.83. The zero-order valence-corrected chi connectivity index (χ0v) is 18.9. The van der Waals surface area contributed by atoms with Crippen molar-refractivity contribution < 1.29 is 19.1 Å². The van der Waals surface area contributed by atoms with Crippen molar-refractivity contribution >= 4 is 12.1 Å². The number of amides is 1. The minimum absolute atomic E-state index is 0.0436. The highest BCUT2D eigenvalue weighted by Crippen LogP contribution is 2.44. The molecular weight excluding hydrogens is 390 g/mol. The number of carbonyl (C=O) groups excluding carboxylic acids is 2. The Bertz CT molecular complexity index is 941. The van der Waals surface area contributed by atoms with Crippen LogP contribution in [0.5, 0.6) is 0 Å². The Hall–Kier alpha value is -3.08. The number of carbonyl (C=O) groups is 2. The van der Waals surface area contributed by atoms with Gasteiger partial charge in [-0.05, 0) is 47.6 Å². The monoisotopic (exact) mass is 421 g/mol. The molecular formula is C26H31NO4. The molecule has 1 aliphatic carbocycles. The lowest BCUT2D eigenvalue weighted by molar-refractivity contribution is -0.157. The van der Waals surface area contributed by atoms with Crippen LogP contribution in [0.3, 0.4) is 0 Å². The number of esters is 1. The predicted octanol–water partition coefficient (Wildman–Crippen LogP) is 5.45.